The van der Waals surface area contributed by atoms with E-state index >= 15 is 0 Å². The van der Waals surface area contributed by atoms with Crippen LogP contribution in [0.25, 0.3) is 0 Å². The third-order valence-electron chi connectivity index (χ3n) is 6.01. The minimum Gasteiger partial charge on any atom is -0.379 e. The number of benzene rings is 1. The van der Waals surface area contributed by atoms with Crippen LogP contribution in [0, 0.1) is 6.92 Å². The molecule has 2 N–H and O–H groups in total. The van der Waals surface area contributed by atoms with Gasteiger partial charge < -0.3 is 15.4 Å². The second-order valence-corrected chi connectivity index (χ2v) is 7.84. The van der Waals surface area contributed by atoms with E-state index in [0.29, 0.717) is 12.1 Å². The van der Waals surface area contributed by atoms with Crippen molar-refractivity contribution in [1.82, 2.24) is 20.4 Å². The maximum atomic E-state index is 5.57. The van der Waals surface area contributed by atoms with Crippen molar-refractivity contribution in [2.45, 2.75) is 38.8 Å². The summed E-state index contributed by atoms with van der Waals surface area (Å²) in [6.45, 7) is 12.1. The summed E-state index contributed by atoms with van der Waals surface area (Å²) in [7, 11) is 1.86. The lowest BCUT2D eigenvalue weighted by molar-refractivity contribution is 0.0170. The zero-order chi connectivity index (χ0) is 19.8. The lowest BCUT2D eigenvalue weighted by Crippen LogP contribution is -2.48. The number of likely N-dealkylation sites (N-methyl/N-ethyl adjacent to an activating group) is 1. The molecule has 0 radical (unpaired) electrons. The molecule has 156 valence electrons. The lowest BCUT2D eigenvalue weighted by Gasteiger charge is -2.35. The van der Waals surface area contributed by atoms with Crippen LogP contribution in [0.2, 0.25) is 0 Å². The van der Waals surface area contributed by atoms with Crippen molar-refractivity contribution in [1.29, 1.82) is 0 Å². The Morgan fingerprint density at radius 3 is 2.79 bits per heavy atom. The Morgan fingerprint density at radius 1 is 1.25 bits per heavy atom. The van der Waals surface area contributed by atoms with Gasteiger partial charge in [0.2, 0.25) is 0 Å². The number of hydrogen-bond donors (Lipinski definition) is 2. The molecule has 6 nitrogen and oxygen atoms in total. The monoisotopic (exact) mass is 387 g/mol. The summed E-state index contributed by atoms with van der Waals surface area (Å²) < 4.78 is 5.57. The Kier molecular flexibility index (Phi) is 8.13. The van der Waals surface area contributed by atoms with Crippen LogP contribution < -0.4 is 10.6 Å². The molecule has 2 aliphatic rings. The van der Waals surface area contributed by atoms with Gasteiger partial charge in [0, 0.05) is 39.3 Å². The van der Waals surface area contributed by atoms with E-state index in [1.54, 1.807) is 0 Å². The second kappa shape index (κ2) is 10.8. The average Bonchev–Trinajstić information content (AvgIpc) is 3.19. The normalized spacial score (nSPS) is 23.0. The number of rotatable bonds is 7. The van der Waals surface area contributed by atoms with E-state index in [1.165, 1.54) is 30.5 Å². The van der Waals surface area contributed by atoms with Gasteiger partial charge in [0.25, 0.3) is 0 Å². The highest BCUT2D eigenvalue weighted by molar-refractivity contribution is 5.79. The molecule has 0 bridgehead atoms. The van der Waals surface area contributed by atoms with E-state index in [9.17, 15) is 0 Å². The number of aliphatic imine (C=N–C) groups is 1. The molecule has 0 saturated carbocycles. The maximum Gasteiger partial charge on any atom is 0.191 e. The number of nitrogens with zero attached hydrogens (tertiary/aromatic N) is 3. The Balaban J connectivity index is 1.59. The van der Waals surface area contributed by atoms with Crippen molar-refractivity contribution in [3.8, 4) is 0 Å². The summed E-state index contributed by atoms with van der Waals surface area (Å²) in [6, 6.07) is 9.80. The van der Waals surface area contributed by atoms with Crippen molar-refractivity contribution in [3.63, 3.8) is 0 Å². The Morgan fingerprint density at radius 2 is 2.07 bits per heavy atom. The molecule has 2 fully saturated rings. The zero-order valence-electron chi connectivity index (χ0n) is 17.8. The van der Waals surface area contributed by atoms with Gasteiger partial charge in [-0.1, -0.05) is 36.8 Å². The summed E-state index contributed by atoms with van der Waals surface area (Å²) in [4.78, 5) is 9.54. The van der Waals surface area contributed by atoms with Crippen molar-refractivity contribution < 1.29 is 4.74 Å². The molecule has 28 heavy (non-hydrogen) atoms. The molecule has 2 unspecified atom stereocenters. The third-order valence-corrected chi connectivity index (χ3v) is 6.01. The van der Waals surface area contributed by atoms with Crippen LogP contribution >= 0.6 is 0 Å². The van der Waals surface area contributed by atoms with Gasteiger partial charge in [0.05, 0.1) is 19.3 Å². The number of morpholine rings is 1. The fourth-order valence-corrected chi connectivity index (χ4v) is 4.40. The standard InChI is InChI=1S/C22H37N5O/c1-4-26-10-6-9-20(26)16-24-22(23-3)25-17-21(27-11-13-28-14-12-27)19-8-5-7-18(2)15-19/h5,7-8,15,20-21H,4,6,9-14,16-17H2,1-3H3,(H2,23,24,25). The van der Waals surface area contributed by atoms with Crippen molar-refractivity contribution >= 4 is 5.96 Å². The first-order valence-electron chi connectivity index (χ1n) is 10.8. The largest absolute Gasteiger partial charge is 0.379 e. The first kappa shape index (κ1) is 21.1. The van der Waals surface area contributed by atoms with Crippen LogP contribution in [0.5, 0.6) is 0 Å². The highest BCUT2D eigenvalue weighted by atomic mass is 16.5. The number of likely N-dealkylation sites (tertiary alicyclic amines) is 1. The number of hydrogen-bond acceptors (Lipinski definition) is 4. The van der Waals surface area contributed by atoms with E-state index < -0.39 is 0 Å². The molecule has 6 heteroatoms. The summed E-state index contributed by atoms with van der Waals surface area (Å²) in [6.07, 6.45) is 2.58. The van der Waals surface area contributed by atoms with Gasteiger partial charge in [-0.3, -0.25) is 14.8 Å². The molecule has 1 aromatic rings. The van der Waals surface area contributed by atoms with E-state index in [2.05, 4.69) is 63.5 Å². The van der Waals surface area contributed by atoms with Crippen molar-refractivity contribution in [3.05, 3.63) is 35.4 Å². The van der Waals surface area contributed by atoms with E-state index in [1.807, 2.05) is 7.05 Å². The van der Waals surface area contributed by atoms with Gasteiger partial charge in [0.1, 0.15) is 0 Å². The molecule has 2 atom stereocenters. The van der Waals surface area contributed by atoms with Crippen LogP contribution in [0.15, 0.2) is 29.3 Å². The minimum atomic E-state index is 0.320. The first-order valence-corrected chi connectivity index (χ1v) is 10.8. The highest BCUT2D eigenvalue weighted by Gasteiger charge is 2.24. The second-order valence-electron chi connectivity index (χ2n) is 7.84. The summed E-state index contributed by atoms with van der Waals surface area (Å²) >= 11 is 0. The Labute approximate surface area is 170 Å². The van der Waals surface area contributed by atoms with Crippen LogP contribution in [0.3, 0.4) is 0 Å². The molecule has 0 amide bonds. The predicted molar refractivity (Wildman–Crippen MR) is 116 cm³/mol. The topological polar surface area (TPSA) is 52.1 Å². The van der Waals surface area contributed by atoms with Crippen molar-refractivity contribution in [2.75, 3.05) is 59.5 Å². The van der Waals surface area contributed by atoms with Gasteiger partial charge >= 0.3 is 0 Å². The quantitative estimate of drug-likeness (QED) is 0.554. The summed E-state index contributed by atoms with van der Waals surface area (Å²) in [5.74, 6) is 0.897. The van der Waals surface area contributed by atoms with E-state index in [0.717, 1.165) is 51.9 Å². The van der Waals surface area contributed by atoms with Crippen LogP contribution in [-0.2, 0) is 4.74 Å². The van der Waals surface area contributed by atoms with E-state index in [-0.39, 0.29) is 0 Å². The molecule has 1 aromatic carbocycles. The minimum absolute atomic E-state index is 0.320. The number of nitrogens with one attached hydrogen (secondary N) is 2. The number of ether oxygens (including phenoxy) is 1. The first-order chi connectivity index (χ1) is 13.7. The number of guanidine groups is 1. The Hall–Kier alpha value is -1.63. The van der Waals surface area contributed by atoms with Crippen LogP contribution in [0.4, 0.5) is 0 Å². The molecule has 0 aromatic heterocycles. The molecular formula is C22H37N5O. The molecular weight excluding hydrogens is 350 g/mol. The molecule has 2 saturated heterocycles. The molecule has 2 heterocycles. The smallest absolute Gasteiger partial charge is 0.191 e. The fourth-order valence-electron chi connectivity index (χ4n) is 4.40. The SMILES string of the molecule is CCN1CCCC1CNC(=NC)NCC(c1cccc(C)c1)N1CCOCC1. The van der Waals surface area contributed by atoms with Gasteiger partial charge in [-0.2, -0.15) is 0 Å². The van der Waals surface area contributed by atoms with Crippen molar-refractivity contribution in [2.24, 2.45) is 4.99 Å². The molecule has 2 aliphatic heterocycles. The molecule has 3 rings (SSSR count). The summed E-state index contributed by atoms with van der Waals surface area (Å²) in [5, 5.41) is 7.13. The van der Waals surface area contributed by atoms with Crippen LogP contribution in [0.1, 0.15) is 36.9 Å². The van der Waals surface area contributed by atoms with Gasteiger partial charge in [-0.15, -0.1) is 0 Å². The summed E-state index contributed by atoms with van der Waals surface area (Å²) in [5.41, 5.74) is 2.66. The zero-order valence-corrected chi connectivity index (χ0v) is 17.8. The highest BCUT2D eigenvalue weighted by Crippen LogP contribution is 2.22. The predicted octanol–water partition coefficient (Wildman–Crippen LogP) is 2.02. The van der Waals surface area contributed by atoms with Gasteiger partial charge in [0.15, 0.2) is 5.96 Å². The van der Waals surface area contributed by atoms with Gasteiger partial charge in [-0.25, -0.2) is 0 Å². The Bertz CT molecular complexity index is 629. The lowest BCUT2D eigenvalue weighted by atomic mass is 10.0. The molecule has 0 spiro atoms. The van der Waals surface area contributed by atoms with Crippen LogP contribution in [-0.4, -0.2) is 81.3 Å². The average molecular weight is 388 g/mol. The maximum absolute atomic E-state index is 5.57. The fraction of sp³-hybridized carbons (Fsp3) is 0.682. The van der Waals surface area contributed by atoms with E-state index in [4.69, 9.17) is 4.74 Å². The number of aryl methyl sites for hydroxylation is 1. The van der Waals surface area contributed by atoms with Gasteiger partial charge in [-0.05, 0) is 38.4 Å². The third kappa shape index (κ3) is 5.69. The molecule has 0 aliphatic carbocycles.